The lowest BCUT2D eigenvalue weighted by atomic mass is 9.47. The normalized spacial score (nSPS) is 49.0. The van der Waals surface area contributed by atoms with Crippen LogP contribution in [0.15, 0.2) is 23.8 Å². The lowest BCUT2D eigenvalue weighted by Crippen LogP contribution is -2.50. The Labute approximate surface area is 268 Å². The number of allylic oxidation sites excluding steroid dienone is 2. The van der Waals surface area contributed by atoms with Crippen LogP contribution in [0.2, 0.25) is 0 Å². The van der Waals surface area contributed by atoms with E-state index in [2.05, 4.69) is 61.1 Å². The molecule has 0 radical (unpaired) electrons. The molecule has 0 N–H and O–H groups in total. The van der Waals surface area contributed by atoms with E-state index in [9.17, 15) is 0 Å². The van der Waals surface area contributed by atoms with Crippen LogP contribution in [0.5, 0.6) is 0 Å². The first-order valence-electron chi connectivity index (χ1n) is 17.8. The highest BCUT2D eigenvalue weighted by atomic mass is 32.9. The Kier molecular flexibility index (Phi) is 9.15. The topological polar surface area (TPSA) is 18.5 Å². The average Bonchev–Trinajstić information content (AvgIpc) is 3.40. The van der Waals surface area contributed by atoms with Crippen LogP contribution in [0.3, 0.4) is 0 Å². The summed E-state index contributed by atoms with van der Waals surface area (Å²) in [6.45, 7) is 21.5. The molecule has 5 aliphatic carbocycles. The molecule has 12 atom stereocenters. The van der Waals surface area contributed by atoms with Crippen molar-refractivity contribution in [2.75, 3.05) is 0 Å². The van der Waals surface area contributed by atoms with Gasteiger partial charge in [0.15, 0.2) is 0 Å². The summed E-state index contributed by atoms with van der Waals surface area (Å²) in [6.07, 6.45) is 21.2. The summed E-state index contributed by atoms with van der Waals surface area (Å²) in [5, 5.41) is 0.451. The van der Waals surface area contributed by atoms with Gasteiger partial charge in [0.05, 0.1) is 11.7 Å². The molecule has 5 heteroatoms. The van der Waals surface area contributed by atoms with E-state index >= 15 is 0 Å². The minimum atomic E-state index is -2.33. The molecule has 1 aliphatic heterocycles. The van der Waals surface area contributed by atoms with Crippen LogP contribution in [0.4, 0.5) is 0 Å². The predicted molar refractivity (Wildman–Crippen MR) is 185 cm³/mol. The predicted octanol–water partition coefficient (Wildman–Crippen LogP) is 11.9. The number of hydrogen-bond acceptors (Lipinski definition) is 4. The highest BCUT2D eigenvalue weighted by molar-refractivity contribution is 8.68. The fourth-order valence-corrected chi connectivity index (χ4v) is 18.7. The minimum Gasteiger partial charge on any atom is -0.318 e. The Morgan fingerprint density at radius 1 is 1.07 bits per heavy atom. The third kappa shape index (κ3) is 5.75. The van der Waals surface area contributed by atoms with E-state index in [1.807, 2.05) is 11.4 Å². The first-order chi connectivity index (χ1) is 19.8. The molecule has 1 unspecified atom stereocenters. The van der Waals surface area contributed by atoms with Gasteiger partial charge >= 0.3 is 0 Å². The molecule has 0 aromatic heterocycles. The summed E-state index contributed by atoms with van der Waals surface area (Å²) >= 11 is 8.12. The molecule has 0 aromatic rings. The SMILES string of the molecule is C=C(C)[C@H]1CC[C@@]2(C)OP(=S)(O[C@H]3CC[C@@]4(C)C(=CC[C@H]5[C@@H]6CC[C@H]([C@H](C)CCCC(C)C)[C@@]6(C)CC[C@@H]54)C3)S[C@@H]2C1. The second-order valence-corrected chi connectivity index (χ2v) is 23.3. The van der Waals surface area contributed by atoms with Gasteiger partial charge in [-0.25, -0.2) is 0 Å². The van der Waals surface area contributed by atoms with Gasteiger partial charge in [-0.1, -0.05) is 89.1 Å². The summed E-state index contributed by atoms with van der Waals surface area (Å²) in [7, 11) is 0. The summed E-state index contributed by atoms with van der Waals surface area (Å²) in [4.78, 5) is 0. The van der Waals surface area contributed by atoms with Crippen LogP contribution >= 0.6 is 17.1 Å². The Hall–Kier alpha value is 0.400. The van der Waals surface area contributed by atoms with E-state index in [1.165, 1.54) is 69.8 Å². The Morgan fingerprint density at radius 2 is 1.86 bits per heavy atom. The maximum atomic E-state index is 6.90. The second kappa shape index (κ2) is 11.9. The van der Waals surface area contributed by atoms with Gasteiger partial charge in [0.1, 0.15) is 0 Å². The molecule has 0 aromatic carbocycles. The van der Waals surface area contributed by atoms with E-state index in [0.29, 0.717) is 22.0 Å². The van der Waals surface area contributed by atoms with Gasteiger partial charge in [0.2, 0.25) is 5.69 Å². The zero-order valence-electron chi connectivity index (χ0n) is 28.0. The lowest BCUT2D eigenvalue weighted by molar-refractivity contribution is -0.0563. The van der Waals surface area contributed by atoms with Crippen molar-refractivity contribution in [3.63, 3.8) is 0 Å². The molecule has 4 saturated carbocycles. The van der Waals surface area contributed by atoms with Crippen LogP contribution in [0.25, 0.3) is 0 Å². The van der Waals surface area contributed by atoms with Crippen LogP contribution in [-0.4, -0.2) is 17.0 Å². The van der Waals surface area contributed by atoms with Crippen molar-refractivity contribution < 1.29 is 9.05 Å². The molecule has 6 rings (SSSR count). The van der Waals surface area contributed by atoms with Crippen molar-refractivity contribution >= 4 is 28.9 Å². The summed E-state index contributed by atoms with van der Waals surface area (Å²) < 4.78 is 13.7. The molecule has 42 heavy (non-hydrogen) atoms. The highest BCUT2D eigenvalue weighted by Gasteiger charge is 2.60. The molecule has 6 aliphatic rings. The molecule has 2 nitrogen and oxygen atoms in total. The first-order valence-corrected chi connectivity index (χ1v) is 21.9. The van der Waals surface area contributed by atoms with Gasteiger partial charge in [-0.05, 0) is 149 Å². The summed E-state index contributed by atoms with van der Waals surface area (Å²) in [6, 6.07) is 0. The van der Waals surface area contributed by atoms with Crippen molar-refractivity contribution in [3.8, 4) is 0 Å². The molecular formula is C37H61O2PS2. The highest BCUT2D eigenvalue weighted by Crippen LogP contribution is 2.76. The number of fused-ring (bicyclic) bond motifs is 6. The molecule has 238 valence electrons. The Bertz CT molecular complexity index is 1120. The quantitative estimate of drug-likeness (QED) is 0.196. The van der Waals surface area contributed by atoms with Gasteiger partial charge < -0.3 is 9.05 Å². The van der Waals surface area contributed by atoms with Crippen molar-refractivity contribution in [2.24, 2.45) is 52.3 Å². The van der Waals surface area contributed by atoms with E-state index in [4.69, 9.17) is 20.9 Å². The maximum Gasteiger partial charge on any atom is 0.248 e. The van der Waals surface area contributed by atoms with Crippen molar-refractivity contribution in [2.45, 2.75) is 155 Å². The zero-order chi connectivity index (χ0) is 30.1. The molecule has 5 fully saturated rings. The van der Waals surface area contributed by atoms with Crippen molar-refractivity contribution in [1.29, 1.82) is 0 Å². The fourth-order valence-electron chi connectivity index (χ4n) is 11.4. The van der Waals surface area contributed by atoms with Gasteiger partial charge in [-0.15, -0.1) is 0 Å². The van der Waals surface area contributed by atoms with Gasteiger partial charge in [-0.3, -0.25) is 0 Å². The van der Waals surface area contributed by atoms with Gasteiger partial charge in [0, 0.05) is 5.25 Å². The zero-order valence-corrected chi connectivity index (χ0v) is 30.5. The number of rotatable bonds is 8. The number of hydrogen-bond donors (Lipinski definition) is 0. The summed E-state index contributed by atoms with van der Waals surface area (Å²) in [5.41, 5.74) is 1.50. The monoisotopic (exact) mass is 632 g/mol. The lowest BCUT2D eigenvalue weighted by Gasteiger charge is -2.58. The molecule has 0 amide bonds. The largest absolute Gasteiger partial charge is 0.318 e. The van der Waals surface area contributed by atoms with Gasteiger partial charge in [-0.2, -0.15) is 0 Å². The van der Waals surface area contributed by atoms with E-state index in [0.717, 1.165) is 61.2 Å². The third-order valence-corrected chi connectivity index (χ3v) is 19.7. The fraction of sp³-hybridized carbons (Fsp3) is 0.892. The van der Waals surface area contributed by atoms with Crippen LogP contribution < -0.4 is 0 Å². The molecule has 0 spiro atoms. The van der Waals surface area contributed by atoms with Crippen molar-refractivity contribution in [3.05, 3.63) is 23.8 Å². The minimum absolute atomic E-state index is 0.119. The second-order valence-electron chi connectivity index (χ2n) is 17.0. The average molecular weight is 633 g/mol. The third-order valence-electron chi connectivity index (χ3n) is 14.0. The smallest absolute Gasteiger partial charge is 0.248 e. The standard InChI is InChI=1S/C37H61O2PS2/c1-24(2)10-9-11-26(5)31-14-15-32-30-13-12-28-23-29(17-19-35(28,6)33(30)18-20-36(31,32)7)38-40(41)39-37(8)21-16-27(25(3)4)22-34(37)42-40/h12,24,26-27,29-34H,3,9-11,13-23H2,1-2,4-8H3/t26-,27+,29+,30+,31-,32+,33+,34-,35+,36-,37-,40?/m1/s1. The van der Waals surface area contributed by atoms with Crippen LogP contribution in [-0.2, 0) is 20.9 Å². The van der Waals surface area contributed by atoms with Crippen LogP contribution in [0.1, 0.15) is 138 Å². The van der Waals surface area contributed by atoms with E-state index in [-0.39, 0.29) is 11.7 Å². The summed E-state index contributed by atoms with van der Waals surface area (Å²) in [5.74, 6) is 5.94. The van der Waals surface area contributed by atoms with Crippen molar-refractivity contribution in [1.82, 2.24) is 0 Å². The molecule has 0 bridgehead atoms. The molecular weight excluding hydrogens is 572 g/mol. The van der Waals surface area contributed by atoms with E-state index < -0.39 is 5.69 Å². The Morgan fingerprint density at radius 3 is 2.60 bits per heavy atom. The Balaban J connectivity index is 1.10. The van der Waals surface area contributed by atoms with Crippen LogP contribution in [0, 0.1) is 52.3 Å². The van der Waals surface area contributed by atoms with Gasteiger partial charge in [0.25, 0.3) is 0 Å². The maximum absolute atomic E-state index is 6.90. The van der Waals surface area contributed by atoms with E-state index in [1.54, 1.807) is 5.57 Å². The molecule has 1 saturated heterocycles. The molecule has 1 heterocycles. The first kappa shape index (κ1) is 32.3.